The van der Waals surface area contributed by atoms with E-state index in [-0.39, 0.29) is 11.8 Å². The highest BCUT2D eigenvalue weighted by molar-refractivity contribution is 5.94. The maximum Gasteiger partial charge on any atom is 0.224 e. The summed E-state index contributed by atoms with van der Waals surface area (Å²) >= 11 is 0. The minimum atomic E-state index is -0.139. The summed E-state index contributed by atoms with van der Waals surface area (Å²) in [5.41, 5.74) is 5.32. The Hall–Kier alpha value is -3.15. The first-order valence-corrected chi connectivity index (χ1v) is 9.11. The number of rotatable bonds is 6. The van der Waals surface area contributed by atoms with Crippen LogP contribution in [0.25, 0.3) is 5.65 Å². The molecule has 0 radical (unpaired) electrons. The fraction of sp³-hybridized carbons (Fsp3) is 0.286. The second kappa shape index (κ2) is 8.03. The molecule has 140 valence electrons. The minimum Gasteiger partial charge on any atom is -0.326 e. The Bertz CT molecular complexity index is 991. The monoisotopic (exact) mass is 364 g/mol. The van der Waals surface area contributed by atoms with Crippen molar-refractivity contribution in [3.63, 3.8) is 0 Å². The van der Waals surface area contributed by atoms with Crippen LogP contribution in [0.1, 0.15) is 37.2 Å². The van der Waals surface area contributed by atoms with Gasteiger partial charge in [0.25, 0.3) is 0 Å². The van der Waals surface area contributed by atoms with Crippen LogP contribution in [-0.4, -0.2) is 21.2 Å². The zero-order chi connectivity index (χ0) is 19.4. The van der Waals surface area contributed by atoms with Gasteiger partial charge in [0.05, 0.1) is 5.69 Å². The van der Waals surface area contributed by atoms with Crippen molar-refractivity contribution in [2.24, 2.45) is 0 Å². The van der Waals surface area contributed by atoms with Crippen LogP contribution in [0.5, 0.6) is 0 Å². The number of nitrogens with zero attached hydrogens (tertiary/aromatic N) is 2. The van der Waals surface area contributed by atoms with E-state index < -0.39 is 0 Å². The number of carbonyl (C=O) groups excluding carboxylic acids is 2. The van der Waals surface area contributed by atoms with E-state index in [0.29, 0.717) is 18.5 Å². The summed E-state index contributed by atoms with van der Waals surface area (Å²) in [6.07, 6.45) is 3.73. The van der Waals surface area contributed by atoms with Crippen molar-refractivity contribution in [1.29, 1.82) is 0 Å². The van der Waals surface area contributed by atoms with Crippen molar-refractivity contribution in [1.82, 2.24) is 9.38 Å². The molecule has 0 aliphatic carbocycles. The molecule has 2 heterocycles. The van der Waals surface area contributed by atoms with Gasteiger partial charge in [0.2, 0.25) is 11.8 Å². The number of fused-ring (bicyclic) bond motifs is 1. The lowest BCUT2D eigenvalue weighted by Gasteiger charge is -2.12. The number of carbonyl (C=O) groups is 2. The number of anilines is 2. The van der Waals surface area contributed by atoms with Crippen LogP contribution in [0.3, 0.4) is 0 Å². The van der Waals surface area contributed by atoms with Gasteiger partial charge in [0.15, 0.2) is 0 Å². The van der Waals surface area contributed by atoms with Gasteiger partial charge in [-0.1, -0.05) is 19.1 Å². The fourth-order valence-electron chi connectivity index (χ4n) is 3.19. The third-order valence-corrected chi connectivity index (χ3v) is 4.50. The van der Waals surface area contributed by atoms with Crippen molar-refractivity contribution >= 4 is 28.8 Å². The molecule has 2 amide bonds. The molecule has 0 atom stereocenters. The summed E-state index contributed by atoms with van der Waals surface area (Å²) in [4.78, 5) is 28.3. The minimum absolute atomic E-state index is 0.0602. The van der Waals surface area contributed by atoms with E-state index in [1.54, 1.807) is 6.07 Å². The molecule has 0 saturated heterocycles. The first kappa shape index (κ1) is 18.6. The maximum atomic E-state index is 12.5. The van der Waals surface area contributed by atoms with Crippen LogP contribution < -0.4 is 10.6 Å². The zero-order valence-corrected chi connectivity index (χ0v) is 15.9. The van der Waals surface area contributed by atoms with Crippen molar-refractivity contribution in [3.05, 3.63) is 59.5 Å². The number of aryl methyl sites for hydroxylation is 3. The normalized spacial score (nSPS) is 10.8. The smallest absolute Gasteiger partial charge is 0.224 e. The van der Waals surface area contributed by atoms with Crippen LogP contribution in [0.15, 0.2) is 42.6 Å². The highest BCUT2D eigenvalue weighted by atomic mass is 16.2. The van der Waals surface area contributed by atoms with Gasteiger partial charge in [-0.15, -0.1) is 0 Å². The van der Waals surface area contributed by atoms with Crippen LogP contribution >= 0.6 is 0 Å². The molecule has 0 aliphatic heterocycles. The number of aromatic nitrogens is 2. The molecule has 3 aromatic rings. The maximum absolute atomic E-state index is 12.5. The van der Waals surface area contributed by atoms with Gasteiger partial charge in [-0.2, -0.15) is 0 Å². The average Bonchev–Trinajstić information content (AvgIpc) is 2.95. The van der Waals surface area contributed by atoms with Crippen LogP contribution in [-0.2, 0) is 22.4 Å². The number of benzene rings is 1. The SMILES string of the molecule is CCc1ccc(NC(C)=O)cc1NC(=O)CCc1c(C)nc2ccccn12. The van der Waals surface area contributed by atoms with E-state index in [0.717, 1.165) is 34.7 Å². The third kappa shape index (κ3) is 4.34. The standard InChI is InChI=1S/C21H24N4O2/c1-4-16-8-9-17(23-15(3)26)13-18(16)24-21(27)11-10-19-14(2)22-20-7-5-6-12-25(19)20/h5-9,12-13H,4,10-11H2,1-3H3,(H,23,26)(H,24,27). The predicted molar refractivity (Wildman–Crippen MR) is 107 cm³/mol. The zero-order valence-electron chi connectivity index (χ0n) is 15.9. The Balaban J connectivity index is 1.72. The molecule has 2 aromatic heterocycles. The van der Waals surface area contributed by atoms with Gasteiger partial charge in [0.1, 0.15) is 5.65 Å². The Morgan fingerprint density at radius 3 is 2.70 bits per heavy atom. The number of hydrogen-bond acceptors (Lipinski definition) is 3. The Kier molecular flexibility index (Phi) is 5.54. The van der Waals surface area contributed by atoms with Crippen LogP contribution in [0.4, 0.5) is 11.4 Å². The van der Waals surface area contributed by atoms with Crippen molar-refractivity contribution < 1.29 is 9.59 Å². The number of nitrogens with one attached hydrogen (secondary N) is 2. The Morgan fingerprint density at radius 1 is 1.15 bits per heavy atom. The first-order valence-electron chi connectivity index (χ1n) is 9.11. The summed E-state index contributed by atoms with van der Waals surface area (Å²) in [6, 6.07) is 11.4. The highest BCUT2D eigenvalue weighted by Gasteiger charge is 2.12. The number of pyridine rings is 1. The molecule has 2 N–H and O–H groups in total. The quantitative estimate of drug-likeness (QED) is 0.700. The van der Waals surface area contributed by atoms with Gasteiger partial charge in [-0.3, -0.25) is 9.59 Å². The fourth-order valence-corrected chi connectivity index (χ4v) is 3.19. The number of amides is 2. The van der Waals surface area contributed by atoms with Gasteiger partial charge in [0, 0.05) is 36.6 Å². The summed E-state index contributed by atoms with van der Waals surface area (Å²) in [5, 5.41) is 5.74. The summed E-state index contributed by atoms with van der Waals surface area (Å²) < 4.78 is 2.03. The first-order chi connectivity index (χ1) is 13.0. The van der Waals surface area contributed by atoms with Crippen molar-refractivity contribution in [3.8, 4) is 0 Å². The van der Waals surface area contributed by atoms with E-state index in [1.807, 2.05) is 54.8 Å². The second-order valence-corrected chi connectivity index (χ2v) is 6.53. The lowest BCUT2D eigenvalue weighted by atomic mass is 10.1. The molecular weight excluding hydrogens is 340 g/mol. The largest absolute Gasteiger partial charge is 0.326 e. The van der Waals surface area contributed by atoms with E-state index in [2.05, 4.69) is 15.6 Å². The van der Waals surface area contributed by atoms with Gasteiger partial charge in [-0.05, 0) is 49.6 Å². The number of hydrogen-bond donors (Lipinski definition) is 2. The molecule has 6 nitrogen and oxygen atoms in total. The van der Waals surface area contributed by atoms with Gasteiger partial charge >= 0.3 is 0 Å². The van der Waals surface area contributed by atoms with Crippen LogP contribution in [0.2, 0.25) is 0 Å². The molecule has 1 aromatic carbocycles. The highest BCUT2D eigenvalue weighted by Crippen LogP contribution is 2.22. The predicted octanol–water partition coefficient (Wildman–Crippen LogP) is 3.73. The van der Waals surface area contributed by atoms with E-state index in [4.69, 9.17) is 0 Å². The average molecular weight is 364 g/mol. The lowest BCUT2D eigenvalue weighted by Crippen LogP contribution is -2.15. The van der Waals surface area contributed by atoms with Crippen molar-refractivity contribution in [2.75, 3.05) is 10.6 Å². The Labute approximate surface area is 158 Å². The van der Waals surface area contributed by atoms with Gasteiger partial charge in [-0.25, -0.2) is 4.98 Å². The van der Waals surface area contributed by atoms with E-state index >= 15 is 0 Å². The van der Waals surface area contributed by atoms with Crippen molar-refractivity contribution in [2.45, 2.75) is 40.0 Å². The van der Waals surface area contributed by atoms with E-state index in [1.165, 1.54) is 6.92 Å². The molecule has 0 unspecified atom stereocenters. The second-order valence-electron chi connectivity index (χ2n) is 6.53. The molecule has 0 bridgehead atoms. The molecule has 0 aliphatic rings. The molecule has 0 saturated carbocycles. The molecular formula is C21H24N4O2. The topological polar surface area (TPSA) is 75.5 Å². The number of imidazole rings is 1. The third-order valence-electron chi connectivity index (χ3n) is 4.50. The summed E-state index contributed by atoms with van der Waals surface area (Å²) in [7, 11) is 0. The lowest BCUT2D eigenvalue weighted by molar-refractivity contribution is -0.116. The molecule has 0 spiro atoms. The van der Waals surface area contributed by atoms with Crippen LogP contribution in [0, 0.1) is 6.92 Å². The van der Waals surface area contributed by atoms with Gasteiger partial charge < -0.3 is 15.0 Å². The molecule has 6 heteroatoms. The molecule has 0 fully saturated rings. The summed E-state index contributed by atoms with van der Waals surface area (Å²) in [5.74, 6) is -0.199. The van der Waals surface area contributed by atoms with E-state index in [9.17, 15) is 9.59 Å². The summed E-state index contributed by atoms with van der Waals surface area (Å²) in [6.45, 7) is 5.46. The Morgan fingerprint density at radius 2 is 1.96 bits per heavy atom. The molecule has 3 rings (SSSR count). The molecule has 27 heavy (non-hydrogen) atoms.